The highest BCUT2D eigenvalue weighted by Crippen LogP contribution is 2.33. The molecule has 23 heavy (non-hydrogen) atoms. The lowest BCUT2D eigenvalue weighted by Crippen LogP contribution is -2.40. The van der Waals surface area contributed by atoms with Crippen LogP contribution in [0.25, 0.3) is 0 Å². The fourth-order valence-corrected chi connectivity index (χ4v) is 3.98. The van der Waals surface area contributed by atoms with Gasteiger partial charge in [-0.05, 0) is 43.7 Å². The maximum absolute atomic E-state index is 13.8. The minimum absolute atomic E-state index is 0. The van der Waals surface area contributed by atoms with Gasteiger partial charge in [0.15, 0.2) is 0 Å². The molecule has 6 heteroatoms. The topological polar surface area (TPSA) is 32.3 Å². The van der Waals surface area contributed by atoms with Gasteiger partial charge in [0.25, 0.3) is 0 Å². The normalized spacial score (nSPS) is 25.8. The molecule has 0 aliphatic carbocycles. The van der Waals surface area contributed by atoms with Gasteiger partial charge in [-0.3, -0.25) is 4.79 Å². The highest BCUT2D eigenvalue weighted by Gasteiger charge is 2.34. The molecule has 2 fully saturated rings. The summed E-state index contributed by atoms with van der Waals surface area (Å²) in [5.41, 5.74) is 0.394. The number of hydrogen-bond donors (Lipinski definition) is 1. The zero-order valence-corrected chi connectivity index (χ0v) is 14.8. The first-order chi connectivity index (χ1) is 10.5. The van der Waals surface area contributed by atoms with Gasteiger partial charge in [-0.25, -0.2) is 4.39 Å². The molecule has 2 bridgehead atoms. The van der Waals surface area contributed by atoms with Crippen LogP contribution in [0.15, 0.2) is 18.2 Å². The maximum Gasteiger partial charge on any atom is 0.222 e. The third kappa shape index (κ3) is 4.37. The molecule has 2 heterocycles. The Kier molecular flexibility index (Phi) is 6.29. The van der Waals surface area contributed by atoms with E-state index in [2.05, 4.69) is 5.32 Å². The number of hydrogen-bond acceptors (Lipinski definition) is 2. The van der Waals surface area contributed by atoms with Gasteiger partial charge in [0, 0.05) is 42.7 Å². The predicted molar refractivity (Wildman–Crippen MR) is 92.4 cm³/mol. The average molecular weight is 361 g/mol. The van der Waals surface area contributed by atoms with Crippen LogP contribution in [0, 0.1) is 11.7 Å². The SMILES string of the molecule is CN(Cc1c(F)cccc1Cl)C(=O)CC1CC2CCC(C1)N2.Cl. The lowest BCUT2D eigenvalue weighted by atomic mass is 9.89. The Labute approximate surface area is 148 Å². The van der Waals surface area contributed by atoms with E-state index in [0.29, 0.717) is 35.0 Å². The van der Waals surface area contributed by atoms with Crippen molar-refractivity contribution in [3.8, 4) is 0 Å². The number of nitrogens with zero attached hydrogens (tertiary/aromatic N) is 1. The second-order valence-electron chi connectivity index (χ2n) is 6.63. The van der Waals surface area contributed by atoms with Crippen LogP contribution in [-0.2, 0) is 11.3 Å². The number of piperidine rings is 1. The summed E-state index contributed by atoms with van der Waals surface area (Å²) in [5.74, 6) is 0.169. The van der Waals surface area contributed by atoms with Gasteiger partial charge in [0.2, 0.25) is 5.91 Å². The molecule has 0 radical (unpaired) electrons. The van der Waals surface area contributed by atoms with E-state index < -0.39 is 0 Å². The molecule has 2 aliphatic heterocycles. The quantitative estimate of drug-likeness (QED) is 0.885. The molecule has 3 rings (SSSR count). The monoisotopic (exact) mass is 360 g/mol. The Balaban J connectivity index is 0.00000192. The van der Waals surface area contributed by atoms with Crippen LogP contribution in [0.1, 0.15) is 37.7 Å². The van der Waals surface area contributed by atoms with Crippen LogP contribution >= 0.6 is 24.0 Å². The first kappa shape index (κ1) is 18.5. The van der Waals surface area contributed by atoms with E-state index in [-0.39, 0.29) is 30.7 Å². The Morgan fingerprint density at radius 3 is 2.61 bits per heavy atom. The van der Waals surface area contributed by atoms with E-state index in [4.69, 9.17) is 11.6 Å². The van der Waals surface area contributed by atoms with Crippen molar-refractivity contribution in [2.45, 2.75) is 50.7 Å². The summed E-state index contributed by atoms with van der Waals surface area (Å²) in [4.78, 5) is 14.0. The van der Waals surface area contributed by atoms with E-state index >= 15 is 0 Å². The van der Waals surface area contributed by atoms with Crippen molar-refractivity contribution >= 4 is 29.9 Å². The standard InChI is InChI=1S/C17H22ClFN2O.ClH/c1-21(10-14-15(18)3-2-4-16(14)19)17(22)9-11-7-12-5-6-13(8-11)20-12;/h2-4,11-13,20H,5-10H2,1H3;1H. The third-order valence-corrected chi connectivity index (χ3v) is 5.27. The highest BCUT2D eigenvalue weighted by molar-refractivity contribution is 6.31. The van der Waals surface area contributed by atoms with Crippen LogP contribution in [0.2, 0.25) is 5.02 Å². The Bertz CT molecular complexity index is 537. The van der Waals surface area contributed by atoms with Gasteiger partial charge in [0.1, 0.15) is 5.82 Å². The molecule has 0 spiro atoms. The molecular weight excluding hydrogens is 338 g/mol. The van der Waals surface area contributed by atoms with E-state index in [1.165, 1.54) is 18.9 Å². The molecule has 2 atom stereocenters. The number of amides is 1. The van der Waals surface area contributed by atoms with E-state index in [0.717, 1.165) is 12.8 Å². The first-order valence-corrected chi connectivity index (χ1v) is 8.33. The smallest absolute Gasteiger partial charge is 0.222 e. The fourth-order valence-electron chi connectivity index (χ4n) is 3.75. The summed E-state index contributed by atoms with van der Waals surface area (Å²) in [5, 5.41) is 3.96. The first-order valence-electron chi connectivity index (χ1n) is 7.96. The largest absolute Gasteiger partial charge is 0.341 e. The van der Waals surface area contributed by atoms with E-state index in [9.17, 15) is 9.18 Å². The van der Waals surface area contributed by atoms with Crippen molar-refractivity contribution in [1.29, 1.82) is 0 Å². The number of halogens is 3. The molecule has 1 aromatic rings. The van der Waals surface area contributed by atoms with Crippen molar-refractivity contribution in [3.05, 3.63) is 34.6 Å². The minimum atomic E-state index is -0.355. The third-order valence-electron chi connectivity index (χ3n) is 4.92. The number of carbonyl (C=O) groups is 1. The van der Waals surface area contributed by atoms with Crippen molar-refractivity contribution in [1.82, 2.24) is 10.2 Å². The van der Waals surface area contributed by atoms with Crippen LogP contribution < -0.4 is 5.32 Å². The maximum atomic E-state index is 13.8. The lowest BCUT2D eigenvalue weighted by Gasteiger charge is -2.30. The predicted octanol–water partition coefficient (Wildman–Crippen LogP) is 3.78. The zero-order chi connectivity index (χ0) is 15.7. The number of rotatable bonds is 4. The Hall–Kier alpha value is -0.840. The molecular formula is C17H23Cl2FN2O. The van der Waals surface area contributed by atoms with E-state index in [1.807, 2.05) is 0 Å². The van der Waals surface area contributed by atoms with Gasteiger partial charge < -0.3 is 10.2 Å². The molecule has 1 amide bonds. The molecule has 1 N–H and O–H groups in total. The molecule has 3 nitrogen and oxygen atoms in total. The van der Waals surface area contributed by atoms with Crippen molar-refractivity contribution in [2.75, 3.05) is 7.05 Å². The second kappa shape index (κ2) is 7.82. The van der Waals surface area contributed by atoms with Gasteiger partial charge in [-0.2, -0.15) is 0 Å². The van der Waals surface area contributed by atoms with Crippen LogP contribution in [-0.4, -0.2) is 29.9 Å². The van der Waals surface area contributed by atoms with E-state index in [1.54, 1.807) is 24.1 Å². The van der Waals surface area contributed by atoms with Crippen molar-refractivity contribution in [3.63, 3.8) is 0 Å². The minimum Gasteiger partial charge on any atom is -0.341 e. The van der Waals surface area contributed by atoms with Gasteiger partial charge in [-0.15, -0.1) is 12.4 Å². The molecule has 2 unspecified atom stereocenters. The molecule has 0 aromatic heterocycles. The summed E-state index contributed by atoms with van der Waals surface area (Å²) in [6.45, 7) is 0.224. The molecule has 1 aromatic carbocycles. The number of nitrogens with one attached hydrogen (secondary N) is 1. The summed E-state index contributed by atoms with van der Waals surface area (Å²) in [6.07, 6.45) is 5.18. The molecule has 2 saturated heterocycles. The molecule has 128 valence electrons. The summed E-state index contributed by atoms with van der Waals surface area (Å²) >= 11 is 6.03. The van der Waals surface area contributed by atoms with Crippen LogP contribution in [0.5, 0.6) is 0 Å². The molecule has 2 aliphatic rings. The highest BCUT2D eigenvalue weighted by atomic mass is 35.5. The number of fused-ring (bicyclic) bond motifs is 2. The van der Waals surface area contributed by atoms with Gasteiger partial charge in [-0.1, -0.05) is 17.7 Å². The Morgan fingerprint density at radius 2 is 2.00 bits per heavy atom. The fraction of sp³-hybridized carbons (Fsp3) is 0.588. The second-order valence-corrected chi connectivity index (χ2v) is 7.04. The molecule has 0 saturated carbocycles. The van der Waals surface area contributed by atoms with Crippen LogP contribution in [0.4, 0.5) is 4.39 Å². The summed E-state index contributed by atoms with van der Waals surface area (Å²) in [7, 11) is 1.72. The Morgan fingerprint density at radius 1 is 1.35 bits per heavy atom. The zero-order valence-electron chi connectivity index (χ0n) is 13.2. The van der Waals surface area contributed by atoms with Crippen molar-refractivity contribution in [2.24, 2.45) is 5.92 Å². The van der Waals surface area contributed by atoms with Gasteiger partial charge >= 0.3 is 0 Å². The van der Waals surface area contributed by atoms with Crippen molar-refractivity contribution < 1.29 is 9.18 Å². The number of carbonyl (C=O) groups excluding carboxylic acids is 1. The van der Waals surface area contributed by atoms with Gasteiger partial charge in [0.05, 0.1) is 0 Å². The average Bonchev–Trinajstić information content (AvgIpc) is 2.82. The lowest BCUT2D eigenvalue weighted by molar-refractivity contribution is -0.131. The summed E-state index contributed by atoms with van der Waals surface area (Å²) < 4.78 is 13.8. The number of benzene rings is 1. The van der Waals surface area contributed by atoms with Crippen LogP contribution in [0.3, 0.4) is 0 Å². The summed E-state index contributed by atoms with van der Waals surface area (Å²) in [6, 6.07) is 5.78.